The molecule has 0 aliphatic carbocycles. The number of hydrogen-bond donors (Lipinski definition) is 0. The molecule has 0 aromatic rings. The van der Waals surface area contributed by atoms with Crippen LogP contribution in [-0.4, -0.2) is 19.4 Å². The molecule has 1 radical (unpaired) electrons. The molecule has 0 fully saturated rings. The summed E-state index contributed by atoms with van der Waals surface area (Å²) in [7, 11) is 0. The van der Waals surface area contributed by atoms with Crippen LogP contribution in [0, 0.1) is 46.9 Å². The zero-order valence-corrected chi connectivity index (χ0v) is 6.16. The van der Waals surface area contributed by atoms with Crippen LogP contribution < -0.4 is 15.3 Å². The Morgan fingerprint density at radius 1 is 0.700 bits per heavy atom. The third kappa shape index (κ3) is 76600. The van der Waals surface area contributed by atoms with E-state index in [1.807, 2.05) is 0 Å². The van der Waals surface area contributed by atoms with E-state index in [1.165, 1.54) is 0 Å². The van der Waals surface area contributed by atoms with Gasteiger partial charge in [0.2, 0.25) is 0 Å². The first-order valence-corrected chi connectivity index (χ1v) is 1.41. The molecular weight excluding hydrogens is 305 g/mol. The van der Waals surface area contributed by atoms with Gasteiger partial charge in [-0.3, -0.25) is 0 Å². The molecule has 0 aliphatic rings. The summed E-state index contributed by atoms with van der Waals surface area (Å²) in [6, 6.07) is 0. The Balaban J connectivity index is -0.0000000257. The quantitative estimate of drug-likeness (QED) is 0.414. The van der Waals surface area contributed by atoms with Crippen LogP contribution >= 0.6 is 0 Å². The maximum absolute atomic E-state index is 8.25. The van der Waals surface area contributed by atoms with Crippen LogP contribution in [0.15, 0.2) is 0 Å². The summed E-state index contributed by atoms with van der Waals surface area (Å²) >= 11 is 0. The molecule has 0 saturated carbocycles. The minimum Gasteiger partial charge on any atom is -0.554 e. The van der Waals surface area contributed by atoms with Gasteiger partial charge in [0.05, 0.1) is 0 Å². The maximum atomic E-state index is 8.25. The first-order chi connectivity index (χ1) is 4.24. The fraction of sp³-hybridized carbons (Fsp3) is 0. The smallest absolute Gasteiger partial charge is 0.554 e. The molecule has 0 rings (SSSR count). The number of carboxylic acid groups (broad SMARTS) is 3. The van der Waals surface area contributed by atoms with Gasteiger partial charge in [0.25, 0.3) is 0 Å². The summed E-state index contributed by atoms with van der Waals surface area (Å²) in [5, 5.41) is 24.8. The molecule has 7 heteroatoms. The second-order valence-corrected chi connectivity index (χ2v) is 0.289. The Hall–Kier alpha value is -0.0705. The fourth-order valence-corrected chi connectivity index (χ4v) is 0. The van der Waals surface area contributed by atoms with Crippen LogP contribution in [0.5, 0.6) is 0 Å². The Kier molecular flexibility index (Phi) is 147. The fourth-order valence-electron chi connectivity index (χ4n) is 0. The first-order valence-electron chi connectivity index (χ1n) is 1.41. The molecule has 65 valence electrons. The van der Waals surface area contributed by atoms with Gasteiger partial charge >= 0.3 is 46.9 Å². The SMILES string of the molecule is O=C[O-].O=C[O-].O=C[O-].[Yb+3]. The van der Waals surface area contributed by atoms with E-state index >= 15 is 0 Å². The molecule has 0 aromatic heterocycles. The van der Waals surface area contributed by atoms with Crippen molar-refractivity contribution in [3.05, 3.63) is 0 Å². The van der Waals surface area contributed by atoms with Crippen molar-refractivity contribution in [1.29, 1.82) is 0 Å². The van der Waals surface area contributed by atoms with Gasteiger partial charge in [0, 0.05) is 19.4 Å². The molecule has 0 N–H and O–H groups in total. The molecule has 0 unspecified atom stereocenters. The molecule has 0 bridgehead atoms. The van der Waals surface area contributed by atoms with Crippen LogP contribution in [0.25, 0.3) is 0 Å². The van der Waals surface area contributed by atoms with Crippen LogP contribution in [0.1, 0.15) is 0 Å². The van der Waals surface area contributed by atoms with Crippen molar-refractivity contribution >= 4 is 19.4 Å². The van der Waals surface area contributed by atoms with Gasteiger partial charge in [-0.05, 0) is 0 Å². The Bertz CT molecular complexity index is 49.7. The van der Waals surface area contributed by atoms with E-state index in [1.54, 1.807) is 0 Å². The third-order valence-corrected chi connectivity index (χ3v) is 0. The molecule has 6 nitrogen and oxygen atoms in total. The zero-order chi connectivity index (χ0) is 8.12. The van der Waals surface area contributed by atoms with E-state index in [4.69, 9.17) is 29.7 Å². The van der Waals surface area contributed by atoms with E-state index < -0.39 is 19.4 Å². The second kappa shape index (κ2) is 65.4. The van der Waals surface area contributed by atoms with Crippen LogP contribution in [0.3, 0.4) is 0 Å². The molecule has 0 amide bonds. The maximum Gasteiger partial charge on any atom is 3.00 e. The monoisotopic (exact) mass is 309 g/mol. The number of hydrogen-bond acceptors (Lipinski definition) is 6. The van der Waals surface area contributed by atoms with Crippen molar-refractivity contribution in [3.8, 4) is 0 Å². The summed E-state index contributed by atoms with van der Waals surface area (Å²) in [5.41, 5.74) is 0. The van der Waals surface area contributed by atoms with Gasteiger partial charge in [-0.25, -0.2) is 0 Å². The third-order valence-electron chi connectivity index (χ3n) is 0. The molecule has 0 aliphatic heterocycles. The van der Waals surface area contributed by atoms with Gasteiger partial charge < -0.3 is 29.7 Å². The Labute approximate surface area is 95.1 Å². The van der Waals surface area contributed by atoms with Gasteiger partial charge in [-0.2, -0.15) is 0 Å². The minimum absolute atomic E-state index is 0. The van der Waals surface area contributed by atoms with E-state index in [2.05, 4.69) is 0 Å². The average molecular weight is 308 g/mol. The van der Waals surface area contributed by atoms with Gasteiger partial charge in [-0.15, -0.1) is 0 Å². The van der Waals surface area contributed by atoms with Gasteiger partial charge in [-0.1, -0.05) is 0 Å². The molecule has 0 aromatic carbocycles. The van der Waals surface area contributed by atoms with E-state index in [0.717, 1.165) is 0 Å². The van der Waals surface area contributed by atoms with Crippen molar-refractivity contribution in [3.63, 3.8) is 0 Å². The molecule has 0 saturated heterocycles. The first kappa shape index (κ1) is 22.5. The van der Waals surface area contributed by atoms with Crippen LogP contribution in [0.2, 0.25) is 0 Å². The molecule has 10 heavy (non-hydrogen) atoms. The largest absolute Gasteiger partial charge is 3.00 e. The Morgan fingerprint density at radius 2 is 0.700 bits per heavy atom. The molecule has 0 heterocycles. The summed E-state index contributed by atoms with van der Waals surface area (Å²) in [4.78, 5) is 24.8. The van der Waals surface area contributed by atoms with Crippen molar-refractivity contribution in [2.24, 2.45) is 0 Å². The Morgan fingerprint density at radius 3 is 0.700 bits per heavy atom. The molecular formula is C3H3O6Yb. The molecule has 0 atom stereocenters. The summed E-state index contributed by atoms with van der Waals surface area (Å²) < 4.78 is 0. The normalized spacial score (nSPS) is 3.60. The standard InChI is InChI=1S/3CH2O2.Yb/c3*2-1-3;/h3*1H,(H,2,3);/q;;;+3/p-3. The average Bonchev–Trinajstić information content (AvgIpc) is 1.70. The molecule has 0 spiro atoms. The van der Waals surface area contributed by atoms with Crippen molar-refractivity contribution in [2.45, 2.75) is 0 Å². The van der Waals surface area contributed by atoms with Crippen molar-refractivity contribution < 1.29 is 76.6 Å². The summed E-state index contributed by atoms with van der Waals surface area (Å²) in [6.45, 7) is -1.50. The number of rotatable bonds is 0. The van der Waals surface area contributed by atoms with E-state index in [0.29, 0.717) is 0 Å². The van der Waals surface area contributed by atoms with E-state index in [-0.39, 0.29) is 46.9 Å². The van der Waals surface area contributed by atoms with Crippen LogP contribution in [0.4, 0.5) is 0 Å². The predicted octanol–water partition coefficient (Wildman–Crippen LogP) is -4.90. The number of carbonyl (C=O) groups excluding carboxylic acids is 3. The van der Waals surface area contributed by atoms with Crippen molar-refractivity contribution in [2.75, 3.05) is 0 Å². The summed E-state index contributed by atoms with van der Waals surface area (Å²) in [6.07, 6.45) is 0. The second-order valence-electron chi connectivity index (χ2n) is 0.289. The number of carbonyl (C=O) groups is 3. The topological polar surface area (TPSA) is 120 Å². The van der Waals surface area contributed by atoms with Gasteiger partial charge in [0.1, 0.15) is 0 Å². The van der Waals surface area contributed by atoms with Crippen molar-refractivity contribution in [1.82, 2.24) is 0 Å². The van der Waals surface area contributed by atoms with Crippen LogP contribution in [-0.2, 0) is 14.4 Å². The minimum atomic E-state index is -0.500. The predicted molar refractivity (Wildman–Crippen MR) is 18.2 cm³/mol. The summed E-state index contributed by atoms with van der Waals surface area (Å²) in [5.74, 6) is 0. The zero-order valence-electron chi connectivity index (χ0n) is 4.45. The van der Waals surface area contributed by atoms with E-state index in [9.17, 15) is 0 Å². The van der Waals surface area contributed by atoms with Gasteiger partial charge in [0.15, 0.2) is 0 Å².